The van der Waals surface area contributed by atoms with Gasteiger partial charge in [-0.3, -0.25) is 10.1 Å². The van der Waals surface area contributed by atoms with Crippen molar-refractivity contribution < 1.29 is 19.1 Å². The van der Waals surface area contributed by atoms with Gasteiger partial charge in [0.05, 0.1) is 31.4 Å². The number of carbonyl (C=O) groups is 2. The summed E-state index contributed by atoms with van der Waals surface area (Å²) in [7, 11) is 1.49. The number of para-hydroxylation sites is 1. The van der Waals surface area contributed by atoms with Gasteiger partial charge in [-0.1, -0.05) is 41.4 Å². The van der Waals surface area contributed by atoms with Crippen molar-refractivity contribution in [3.8, 4) is 5.75 Å². The lowest BCUT2D eigenvalue weighted by atomic mass is 10.1. The summed E-state index contributed by atoms with van der Waals surface area (Å²) >= 11 is 18.4. The van der Waals surface area contributed by atoms with Crippen LogP contribution in [0.2, 0.25) is 10.0 Å². The normalized spacial score (nSPS) is 10.4. The molecule has 9 heteroatoms. The highest BCUT2D eigenvalue weighted by atomic mass is 35.5. The first kappa shape index (κ1) is 25.5. The Kier molecular flexibility index (Phi) is 8.87. The maximum Gasteiger partial charge on any atom is 0.338 e. The number of nitrogens with one attached hydrogen (secondary N) is 1. The van der Waals surface area contributed by atoms with Crippen molar-refractivity contribution >= 4 is 58.1 Å². The van der Waals surface area contributed by atoms with Crippen molar-refractivity contribution in [2.24, 2.45) is 0 Å². The molecule has 1 amide bonds. The van der Waals surface area contributed by atoms with Crippen LogP contribution in [0, 0.1) is 0 Å². The molecule has 3 rings (SSSR count). The molecule has 0 radical (unpaired) electrons. The van der Waals surface area contributed by atoms with Crippen LogP contribution >= 0.6 is 35.4 Å². The third-order valence-corrected chi connectivity index (χ3v) is 5.92. The summed E-state index contributed by atoms with van der Waals surface area (Å²) in [5.41, 5.74) is 1.98. The van der Waals surface area contributed by atoms with E-state index in [1.165, 1.54) is 7.11 Å². The van der Waals surface area contributed by atoms with Gasteiger partial charge in [0.15, 0.2) is 5.11 Å². The van der Waals surface area contributed by atoms with E-state index in [4.69, 9.17) is 44.9 Å². The van der Waals surface area contributed by atoms with E-state index in [-0.39, 0.29) is 18.3 Å². The Morgan fingerprint density at radius 2 is 1.62 bits per heavy atom. The average molecular weight is 517 g/mol. The Morgan fingerprint density at radius 1 is 0.971 bits per heavy atom. The monoisotopic (exact) mass is 516 g/mol. The molecule has 0 aromatic heterocycles. The first-order chi connectivity index (χ1) is 16.3. The molecular formula is C25H22Cl2N2O4S. The first-order valence-electron chi connectivity index (χ1n) is 10.3. The Labute approximate surface area is 213 Å². The zero-order valence-corrected chi connectivity index (χ0v) is 20.8. The van der Waals surface area contributed by atoms with E-state index in [0.29, 0.717) is 38.2 Å². The van der Waals surface area contributed by atoms with Gasteiger partial charge in [0, 0.05) is 21.3 Å². The highest BCUT2D eigenvalue weighted by molar-refractivity contribution is 7.80. The lowest BCUT2D eigenvalue weighted by molar-refractivity contribution is 0.0526. The van der Waals surface area contributed by atoms with Gasteiger partial charge in [-0.25, -0.2) is 4.79 Å². The minimum atomic E-state index is -0.430. The third-order valence-electron chi connectivity index (χ3n) is 4.89. The summed E-state index contributed by atoms with van der Waals surface area (Å²) in [4.78, 5) is 26.7. The molecule has 0 heterocycles. The van der Waals surface area contributed by atoms with Crippen LogP contribution in [-0.2, 0) is 11.3 Å². The summed E-state index contributed by atoms with van der Waals surface area (Å²) in [6.07, 6.45) is 0. The summed E-state index contributed by atoms with van der Waals surface area (Å²) in [6.45, 7) is 2.20. The van der Waals surface area contributed by atoms with Crippen LogP contribution < -0.4 is 15.0 Å². The predicted molar refractivity (Wildman–Crippen MR) is 138 cm³/mol. The molecule has 3 aromatic carbocycles. The minimum absolute atomic E-state index is 0.121. The molecule has 0 fully saturated rings. The number of ether oxygens (including phenoxy) is 2. The van der Waals surface area contributed by atoms with Crippen LogP contribution in [0.1, 0.15) is 33.2 Å². The molecule has 1 N–H and O–H groups in total. The number of methoxy groups -OCH3 is 1. The molecule has 3 aromatic rings. The van der Waals surface area contributed by atoms with Gasteiger partial charge in [0.25, 0.3) is 5.91 Å². The molecule has 6 nitrogen and oxygen atoms in total. The lowest BCUT2D eigenvalue weighted by Gasteiger charge is -2.27. The molecule has 176 valence electrons. The number of carbonyl (C=O) groups excluding carboxylic acids is 2. The molecule has 0 saturated carbocycles. The van der Waals surface area contributed by atoms with Crippen LogP contribution in [0.3, 0.4) is 0 Å². The van der Waals surface area contributed by atoms with Gasteiger partial charge in [-0.05, 0) is 67.7 Å². The van der Waals surface area contributed by atoms with Crippen LogP contribution in [0.25, 0.3) is 0 Å². The lowest BCUT2D eigenvalue weighted by Crippen LogP contribution is -2.42. The summed E-state index contributed by atoms with van der Waals surface area (Å²) in [6, 6.07) is 18.7. The second-order valence-corrected chi connectivity index (χ2v) is 8.21. The van der Waals surface area contributed by atoms with Gasteiger partial charge < -0.3 is 14.4 Å². The van der Waals surface area contributed by atoms with Crippen molar-refractivity contribution in [2.45, 2.75) is 13.5 Å². The summed E-state index contributed by atoms with van der Waals surface area (Å²) < 4.78 is 10.3. The molecule has 34 heavy (non-hydrogen) atoms. The average Bonchev–Trinajstić information content (AvgIpc) is 2.84. The molecule has 0 aliphatic heterocycles. The van der Waals surface area contributed by atoms with E-state index < -0.39 is 11.9 Å². The molecule has 0 saturated heterocycles. The van der Waals surface area contributed by atoms with Gasteiger partial charge in [0.1, 0.15) is 5.75 Å². The van der Waals surface area contributed by atoms with E-state index in [0.717, 1.165) is 0 Å². The Bertz CT molecular complexity index is 1180. The van der Waals surface area contributed by atoms with Crippen molar-refractivity contribution in [1.29, 1.82) is 0 Å². The van der Waals surface area contributed by atoms with E-state index >= 15 is 0 Å². The first-order valence-corrected chi connectivity index (χ1v) is 11.5. The third kappa shape index (κ3) is 6.05. The maximum absolute atomic E-state index is 13.0. The number of halogens is 2. The highest BCUT2D eigenvalue weighted by Gasteiger charge is 2.21. The molecule has 0 spiro atoms. The molecule has 0 aliphatic rings. The van der Waals surface area contributed by atoms with E-state index in [1.54, 1.807) is 78.6 Å². The number of hydrogen-bond donors (Lipinski definition) is 1. The Balaban J connectivity index is 1.93. The van der Waals surface area contributed by atoms with Crippen LogP contribution in [0.15, 0.2) is 66.7 Å². The van der Waals surface area contributed by atoms with Crippen molar-refractivity contribution in [3.63, 3.8) is 0 Å². The van der Waals surface area contributed by atoms with Gasteiger partial charge in [-0.2, -0.15) is 0 Å². The summed E-state index contributed by atoms with van der Waals surface area (Å²) in [5.74, 6) is -0.440. The number of benzene rings is 3. The number of hydrogen-bond acceptors (Lipinski definition) is 5. The quantitative estimate of drug-likeness (QED) is 0.311. The second-order valence-electron chi connectivity index (χ2n) is 7.01. The fourth-order valence-electron chi connectivity index (χ4n) is 3.18. The molecule has 0 atom stereocenters. The molecule has 0 aliphatic carbocycles. The summed E-state index contributed by atoms with van der Waals surface area (Å²) in [5, 5.41) is 3.78. The van der Waals surface area contributed by atoms with E-state index in [9.17, 15) is 9.59 Å². The Hall–Kier alpha value is -3.13. The molecule has 0 unspecified atom stereocenters. The molecular weight excluding hydrogens is 495 g/mol. The number of rotatable bonds is 7. The van der Waals surface area contributed by atoms with Crippen LogP contribution in [-0.4, -0.2) is 30.7 Å². The topological polar surface area (TPSA) is 67.9 Å². The minimum Gasteiger partial charge on any atom is -0.496 e. The number of amides is 1. The number of anilines is 1. The van der Waals surface area contributed by atoms with Gasteiger partial charge in [0.2, 0.25) is 0 Å². The zero-order valence-electron chi connectivity index (χ0n) is 18.5. The maximum atomic E-state index is 13.0. The SMILES string of the molecule is CCOC(=O)c1ccc(N(Cc2c(Cl)cccc2Cl)C(=S)NC(=O)c2ccccc2OC)cc1. The standard InChI is InChI=1S/C25H22Cl2N2O4S/c1-3-33-24(31)16-11-13-17(14-12-16)29(15-19-20(26)8-6-9-21(19)27)25(34)28-23(30)18-7-4-5-10-22(18)32-2/h4-14H,3,15H2,1-2H3,(H,28,30,34). The van der Waals surface area contributed by atoms with Crippen molar-refractivity contribution in [1.82, 2.24) is 5.32 Å². The highest BCUT2D eigenvalue weighted by Crippen LogP contribution is 2.28. The van der Waals surface area contributed by atoms with Crippen molar-refractivity contribution in [3.05, 3.63) is 93.5 Å². The fourth-order valence-corrected chi connectivity index (χ4v) is 3.96. The van der Waals surface area contributed by atoms with Gasteiger partial charge >= 0.3 is 5.97 Å². The fraction of sp³-hybridized carbons (Fsp3) is 0.160. The molecule has 0 bridgehead atoms. The number of esters is 1. The van der Waals surface area contributed by atoms with Crippen LogP contribution in [0.4, 0.5) is 5.69 Å². The largest absolute Gasteiger partial charge is 0.496 e. The van der Waals surface area contributed by atoms with E-state index in [1.807, 2.05) is 0 Å². The zero-order chi connectivity index (χ0) is 24.7. The number of thiocarbonyl (C=S) groups is 1. The predicted octanol–water partition coefficient (Wildman–Crippen LogP) is 5.90. The van der Waals surface area contributed by atoms with Crippen molar-refractivity contribution in [2.75, 3.05) is 18.6 Å². The smallest absolute Gasteiger partial charge is 0.338 e. The second kappa shape index (κ2) is 11.8. The number of nitrogens with zero attached hydrogens (tertiary/aromatic N) is 1. The Morgan fingerprint density at radius 3 is 2.24 bits per heavy atom. The van der Waals surface area contributed by atoms with Gasteiger partial charge in [-0.15, -0.1) is 0 Å². The van der Waals surface area contributed by atoms with E-state index in [2.05, 4.69) is 5.32 Å². The van der Waals surface area contributed by atoms with Crippen LogP contribution in [0.5, 0.6) is 5.75 Å².